The third-order valence-electron chi connectivity index (χ3n) is 3.45. The minimum Gasteiger partial charge on any atom is -0.479 e. The molecule has 0 amide bonds. The fourth-order valence-electron chi connectivity index (χ4n) is 1.98. The number of nitrogens with one attached hydrogen (secondary N) is 1. The second-order valence-electron chi connectivity index (χ2n) is 5.30. The first-order valence-corrected chi connectivity index (χ1v) is 7.37. The summed E-state index contributed by atoms with van der Waals surface area (Å²) in [6.07, 6.45) is -2.86. The van der Waals surface area contributed by atoms with E-state index in [1.165, 1.54) is 25.7 Å². The molecule has 0 bridgehead atoms. The van der Waals surface area contributed by atoms with Crippen molar-refractivity contribution in [2.24, 2.45) is 5.73 Å². The molecule has 10 heteroatoms. The second-order valence-corrected chi connectivity index (χ2v) is 5.30. The highest BCUT2D eigenvalue weighted by Crippen LogP contribution is 2.08. The Morgan fingerprint density at radius 3 is 1.87 bits per heavy atom. The summed E-state index contributed by atoms with van der Waals surface area (Å²) < 4.78 is 0. The molecule has 1 saturated heterocycles. The standard InChI is InChI=1S/C7H15N3.C6H12O7/c8-7(9)10-5-3-1-2-4-6-10;7-1-2(8)3(9)4(10)5(11)6(12)13/h1-6H2,(H3,8,9);2-5,7-11H,1H2,(H,12,13)/t;2-,3-,4+,5-/m.1/s1. The van der Waals surface area contributed by atoms with Crippen LogP contribution in [0.25, 0.3) is 0 Å². The van der Waals surface area contributed by atoms with Gasteiger partial charge in [0, 0.05) is 13.1 Å². The molecule has 136 valence electrons. The van der Waals surface area contributed by atoms with E-state index in [1.807, 2.05) is 4.90 Å². The van der Waals surface area contributed by atoms with E-state index < -0.39 is 37.0 Å². The van der Waals surface area contributed by atoms with E-state index in [0.717, 1.165) is 13.1 Å². The topological polar surface area (TPSA) is 192 Å². The van der Waals surface area contributed by atoms with Gasteiger partial charge in [0.1, 0.15) is 18.3 Å². The predicted octanol–water partition coefficient (Wildman–Crippen LogP) is -2.74. The molecule has 23 heavy (non-hydrogen) atoms. The van der Waals surface area contributed by atoms with Crippen molar-refractivity contribution >= 4 is 11.9 Å². The summed E-state index contributed by atoms with van der Waals surface area (Å²) in [4.78, 5) is 12.0. The molecular formula is C13H27N3O7. The van der Waals surface area contributed by atoms with Gasteiger partial charge in [-0.25, -0.2) is 4.79 Å². The molecule has 1 aliphatic heterocycles. The zero-order chi connectivity index (χ0) is 18.0. The summed E-state index contributed by atoms with van der Waals surface area (Å²) in [5.74, 6) is -1.49. The Morgan fingerprint density at radius 1 is 1.04 bits per heavy atom. The Bertz CT molecular complexity index is 361. The molecular weight excluding hydrogens is 310 g/mol. The van der Waals surface area contributed by atoms with Crippen LogP contribution < -0.4 is 5.73 Å². The van der Waals surface area contributed by atoms with Crippen molar-refractivity contribution in [3.63, 3.8) is 0 Å². The Kier molecular flexibility index (Phi) is 10.4. The Labute approximate surface area is 134 Å². The molecule has 0 spiro atoms. The van der Waals surface area contributed by atoms with Crippen molar-refractivity contribution in [3.8, 4) is 0 Å². The molecule has 1 heterocycles. The third-order valence-corrected chi connectivity index (χ3v) is 3.45. The van der Waals surface area contributed by atoms with Crippen molar-refractivity contribution in [1.29, 1.82) is 5.41 Å². The number of guanidine groups is 1. The number of hydrogen-bond donors (Lipinski definition) is 8. The molecule has 0 aromatic carbocycles. The highest BCUT2D eigenvalue weighted by molar-refractivity contribution is 5.74. The van der Waals surface area contributed by atoms with Crippen LogP contribution in [0.5, 0.6) is 0 Å². The van der Waals surface area contributed by atoms with Gasteiger partial charge in [0.2, 0.25) is 0 Å². The number of aliphatic hydroxyl groups excluding tert-OH is 5. The molecule has 1 fully saturated rings. The van der Waals surface area contributed by atoms with Gasteiger partial charge < -0.3 is 41.3 Å². The molecule has 0 radical (unpaired) electrons. The van der Waals surface area contributed by atoms with E-state index in [1.54, 1.807) is 0 Å². The van der Waals surface area contributed by atoms with Crippen molar-refractivity contribution < 1.29 is 35.4 Å². The maximum atomic E-state index is 10.1. The zero-order valence-corrected chi connectivity index (χ0v) is 12.9. The lowest BCUT2D eigenvalue weighted by molar-refractivity contribution is -0.164. The lowest BCUT2D eigenvalue weighted by Gasteiger charge is -2.23. The minimum absolute atomic E-state index is 0.238. The van der Waals surface area contributed by atoms with Crippen molar-refractivity contribution in [2.45, 2.75) is 50.1 Å². The van der Waals surface area contributed by atoms with Gasteiger partial charge >= 0.3 is 5.97 Å². The number of hydrogen-bond acceptors (Lipinski definition) is 7. The van der Waals surface area contributed by atoms with Crippen LogP contribution in [-0.2, 0) is 4.79 Å². The number of likely N-dealkylation sites (tertiary alicyclic amines) is 1. The fourth-order valence-corrected chi connectivity index (χ4v) is 1.98. The van der Waals surface area contributed by atoms with Crippen molar-refractivity contribution in [3.05, 3.63) is 0 Å². The molecule has 10 nitrogen and oxygen atoms in total. The van der Waals surface area contributed by atoms with Crippen LogP contribution in [0, 0.1) is 5.41 Å². The first-order chi connectivity index (χ1) is 10.7. The summed E-state index contributed by atoms with van der Waals surface area (Å²) in [5, 5.41) is 59.0. The Morgan fingerprint density at radius 2 is 1.52 bits per heavy atom. The van der Waals surface area contributed by atoms with Gasteiger partial charge in [0.25, 0.3) is 0 Å². The number of nitrogens with zero attached hydrogens (tertiary/aromatic N) is 1. The first kappa shape index (κ1) is 21.5. The number of carboxylic acids is 1. The molecule has 1 aliphatic rings. The smallest absolute Gasteiger partial charge is 0.335 e. The molecule has 4 atom stereocenters. The van der Waals surface area contributed by atoms with Crippen LogP contribution in [0.3, 0.4) is 0 Å². The van der Waals surface area contributed by atoms with Gasteiger partial charge in [0.05, 0.1) is 6.61 Å². The summed E-state index contributed by atoms with van der Waals surface area (Å²) in [6.45, 7) is 1.12. The molecule has 0 aromatic heterocycles. The van der Waals surface area contributed by atoms with Crippen molar-refractivity contribution in [2.75, 3.05) is 19.7 Å². The Balaban J connectivity index is 0.000000433. The molecule has 1 rings (SSSR count). The van der Waals surface area contributed by atoms with Gasteiger partial charge in [-0.1, -0.05) is 12.8 Å². The second kappa shape index (κ2) is 11.1. The van der Waals surface area contributed by atoms with Gasteiger partial charge in [-0.2, -0.15) is 0 Å². The van der Waals surface area contributed by atoms with E-state index in [-0.39, 0.29) is 5.96 Å². The number of carboxylic acid groups (broad SMARTS) is 1. The fraction of sp³-hybridized carbons (Fsp3) is 0.846. The number of aliphatic carboxylic acids is 1. The molecule has 9 N–H and O–H groups in total. The van der Waals surface area contributed by atoms with E-state index in [9.17, 15) is 4.79 Å². The van der Waals surface area contributed by atoms with Crippen LogP contribution in [0.4, 0.5) is 0 Å². The molecule has 0 aromatic rings. The summed E-state index contributed by atoms with van der Waals surface area (Å²) >= 11 is 0. The summed E-state index contributed by atoms with van der Waals surface area (Å²) in [7, 11) is 0. The van der Waals surface area contributed by atoms with Crippen LogP contribution >= 0.6 is 0 Å². The summed E-state index contributed by atoms with van der Waals surface area (Å²) in [5.41, 5.74) is 5.35. The number of nitrogens with two attached hydrogens (primary N) is 1. The molecule has 0 unspecified atom stereocenters. The molecule has 0 aliphatic carbocycles. The highest BCUT2D eigenvalue weighted by Gasteiger charge is 2.33. The van der Waals surface area contributed by atoms with Crippen LogP contribution in [0.1, 0.15) is 25.7 Å². The highest BCUT2D eigenvalue weighted by atomic mass is 16.4. The van der Waals surface area contributed by atoms with Gasteiger partial charge in [-0.15, -0.1) is 0 Å². The third kappa shape index (κ3) is 8.09. The lowest BCUT2D eigenvalue weighted by Crippen LogP contribution is -2.48. The minimum atomic E-state index is -2.20. The first-order valence-electron chi connectivity index (χ1n) is 7.37. The summed E-state index contributed by atoms with van der Waals surface area (Å²) in [6, 6.07) is 0. The average Bonchev–Trinajstić information content (AvgIpc) is 2.81. The molecule has 0 saturated carbocycles. The van der Waals surface area contributed by atoms with Crippen molar-refractivity contribution in [1.82, 2.24) is 4.90 Å². The number of aliphatic hydroxyl groups is 5. The lowest BCUT2D eigenvalue weighted by atomic mass is 10.0. The largest absolute Gasteiger partial charge is 0.479 e. The zero-order valence-electron chi connectivity index (χ0n) is 12.9. The number of rotatable bonds is 5. The van der Waals surface area contributed by atoms with Gasteiger partial charge in [-0.3, -0.25) is 5.41 Å². The van der Waals surface area contributed by atoms with Crippen LogP contribution in [0.15, 0.2) is 0 Å². The predicted molar refractivity (Wildman–Crippen MR) is 80.7 cm³/mol. The Hall–Kier alpha value is -1.46. The van der Waals surface area contributed by atoms with Crippen LogP contribution in [-0.4, -0.2) is 91.6 Å². The maximum absolute atomic E-state index is 10.1. The average molecular weight is 337 g/mol. The van der Waals surface area contributed by atoms with Crippen LogP contribution in [0.2, 0.25) is 0 Å². The van der Waals surface area contributed by atoms with E-state index in [0.29, 0.717) is 0 Å². The maximum Gasteiger partial charge on any atom is 0.335 e. The van der Waals surface area contributed by atoms with Gasteiger partial charge in [0.15, 0.2) is 12.1 Å². The number of carbonyl (C=O) groups is 1. The normalized spacial score (nSPS) is 20.3. The van der Waals surface area contributed by atoms with Gasteiger partial charge in [-0.05, 0) is 12.8 Å². The van der Waals surface area contributed by atoms with E-state index in [2.05, 4.69) is 0 Å². The SMILES string of the molecule is N=C(N)N1CCCCCC1.O=C(O)[C@H](O)[C@@H](O)[C@H](O)[C@H](O)CO. The van der Waals surface area contributed by atoms with E-state index in [4.69, 9.17) is 41.8 Å². The quantitative estimate of drug-likeness (QED) is 0.194. The van der Waals surface area contributed by atoms with E-state index >= 15 is 0 Å². The monoisotopic (exact) mass is 337 g/mol.